The number of benzene rings is 8. The molecule has 8 heteroatoms. The van der Waals surface area contributed by atoms with Crippen LogP contribution in [0.2, 0.25) is 0 Å². The van der Waals surface area contributed by atoms with Crippen LogP contribution in [0.1, 0.15) is 172 Å². The average molecular weight is 1560 g/mol. The van der Waals surface area contributed by atoms with E-state index in [0.717, 1.165) is 113 Å². The van der Waals surface area contributed by atoms with E-state index in [1.54, 1.807) is 0 Å². The molecule has 0 spiro atoms. The highest BCUT2D eigenvalue weighted by atomic mass is 79.9. The summed E-state index contributed by atoms with van der Waals surface area (Å²) in [7, 11) is 0. The Morgan fingerprint density at radius 3 is 0.625 bits per heavy atom. The van der Waals surface area contributed by atoms with Gasteiger partial charge in [0.15, 0.2) is 0 Å². The maximum atomic E-state index is 3.73. The van der Waals surface area contributed by atoms with Crippen LogP contribution in [0.4, 0.5) is 0 Å². The van der Waals surface area contributed by atoms with Crippen LogP contribution in [0.15, 0.2) is 123 Å². The van der Waals surface area contributed by atoms with E-state index in [4.69, 9.17) is 0 Å². The van der Waals surface area contributed by atoms with E-state index in [2.05, 4.69) is 391 Å². The number of halogens is 8. The maximum Gasteiger partial charge on any atom is 0.0610 e. The Hall–Kier alpha value is -4.16. The Kier molecular flexibility index (Phi) is 19.3. The second kappa shape index (κ2) is 25.0. The summed E-state index contributed by atoms with van der Waals surface area (Å²) >= 11 is 29.0. The van der Waals surface area contributed by atoms with Gasteiger partial charge in [-0.2, -0.15) is 0 Å². The summed E-state index contributed by atoms with van der Waals surface area (Å²) in [6.07, 6.45) is 8.22. The average Bonchev–Trinajstić information content (AvgIpc) is 3.38. The Labute approximate surface area is 542 Å². The molecule has 402 valence electrons. The Bertz CT molecular complexity index is 3650. The molecule has 0 heterocycles. The van der Waals surface area contributed by atoms with E-state index >= 15 is 0 Å². The van der Waals surface area contributed by atoms with Gasteiger partial charge in [0.1, 0.15) is 0 Å². The van der Waals surface area contributed by atoms with Crippen LogP contribution in [-0.4, -0.2) is 0 Å². The second-order valence-corrected chi connectivity index (χ2v) is 35.1. The Balaban J connectivity index is 1.53. The van der Waals surface area contributed by atoms with Crippen LogP contribution in [-0.2, 0) is 21.7 Å². The van der Waals surface area contributed by atoms with Crippen molar-refractivity contribution < 1.29 is 0 Å². The van der Waals surface area contributed by atoms with E-state index in [1.807, 2.05) is 0 Å². The van der Waals surface area contributed by atoms with Gasteiger partial charge in [0.2, 0.25) is 0 Å². The molecule has 0 saturated heterocycles. The smallest absolute Gasteiger partial charge is 0.0610 e. The van der Waals surface area contributed by atoms with Gasteiger partial charge in [-0.1, -0.05) is 203 Å². The largest absolute Gasteiger partial charge is 0.0610 e. The van der Waals surface area contributed by atoms with Crippen LogP contribution in [0, 0.1) is 47.4 Å². The lowest BCUT2D eigenvalue weighted by atomic mass is 9.84. The van der Waals surface area contributed by atoms with Crippen LogP contribution in [0.5, 0.6) is 0 Å². The van der Waals surface area contributed by atoms with Gasteiger partial charge in [-0.05, 0) is 287 Å². The topological polar surface area (TPSA) is 0 Å². The normalized spacial score (nSPS) is 11.6. The highest BCUT2D eigenvalue weighted by Crippen LogP contribution is 2.41. The minimum Gasteiger partial charge on any atom is -0.0610 e. The van der Waals surface area contributed by atoms with Gasteiger partial charge in [0.25, 0.3) is 0 Å². The zero-order chi connectivity index (χ0) is 58.2. The fourth-order valence-electron chi connectivity index (χ4n) is 9.44. The summed E-state index contributed by atoms with van der Waals surface area (Å²) in [5.41, 5.74) is 15.6. The summed E-state index contributed by atoms with van der Waals surface area (Å²) < 4.78 is 3.34. The molecule has 0 nitrogen and oxygen atoms in total. The Morgan fingerprint density at radius 1 is 0.263 bits per heavy atom. The summed E-state index contributed by atoms with van der Waals surface area (Å²) in [6.45, 7) is 26.8. The van der Waals surface area contributed by atoms with Gasteiger partial charge >= 0.3 is 0 Å². The fourth-order valence-corrected chi connectivity index (χ4v) is 11.4. The molecule has 8 aromatic carbocycles. The number of hydrogen-bond acceptors (Lipinski definition) is 0. The van der Waals surface area contributed by atoms with E-state index < -0.39 is 0 Å². The zero-order valence-electron chi connectivity index (χ0n) is 46.7. The molecule has 80 heavy (non-hydrogen) atoms. The third-order valence-corrected chi connectivity index (χ3v) is 15.8. The van der Waals surface area contributed by atoms with Crippen LogP contribution in [0.25, 0.3) is 56.6 Å². The summed E-state index contributed by atoms with van der Waals surface area (Å²) in [5.74, 6) is 29.6. The molecule has 0 fully saturated rings. The van der Waals surface area contributed by atoms with Gasteiger partial charge in [0, 0.05) is 44.5 Å². The first-order chi connectivity index (χ1) is 37.4. The molecule has 0 unspecified atom stereocenters. The molecule has 0 aliphatic rings. The zero-order valence-corrected chi connectivity index (χ0v) is 59.4. The van der Waals surface area contributed by atoms with Gasteiger partial charge in [-0.25, -0.2) is 0 Å². The lowest BCUT2D eigenvalue weighted by Crippen LogP contribution is -2.11. The highest BCUT2D eigenvalue weighted by molar-refractivity contribution is 9.29. The minimum absolute atomic E-state index is 0.0825. The SMILES string of the molecule is CC(C)(C)c1ccc(C=C(Br)Br)c(C#Cc2cc(C#Cc3cc(C(C)(C)C)ccc3C=C(Br)Br)c3ccc4c(C#Cc5cc(C(C)(C)C)ccc5C=C(Br)Br)cc(C#Cc5cc(C(C)(C)C)ccc5C=C(Br)Br)c5ccc2c3c54)c1. The first-order valence-electron chi connectivity index (χ1n) is 26.0. The first-order valence-corrected chi connectivity index (χ1v) is 32.3. The van der Waals surface area contributed by atoms with Crippen molar-refractivity contribution >= 4 is 184 Å². The molecular formula is C72H58Br8. The fraction of sp³-hybridized carbons (Fsp3) is 0.222. The predicted molar refractivity (Wildman–Crippen MR) is 378 cm³/mol. The maximum absolute atomic E-state index is 3.73. The van der Waals surface area contributed by atoms with Crippen molar-refractivity contribution in [3.63, 3.8) is 0 Å². The summed E-state index contributed by atoms with van der Waals surface area (Å²) in [4.78, 5) is 0. The van der Waals surface area contributed by atoms with E-state index in [9.17, 15) is 0 Å². The van der Waals surface area contributed by atoms with Gasteiger partial charge in [0.05, 0.1) is 13.6 Å². The van der Waals surface area contributed by atoms with Crippen LogP contribution < -0.4 is 0 Å². The molecule has 0 atom stereocenters. The van der Waals surface area contributed by atoms with E-state index in [0.29, 0.717) is 0 Å². The van der Waals surface area contributed by atoms with Gasteiger partial charge in [-0.15, -0.1) is 0 Å². The Morgan fingerprint density at radius 2 is 0.450 bits per heavy atom. The second-order valence-electron chi connectivity index (χ2n) is 24.0. The molecule has 0 saturated carbocycles. The lowest BCUT2D eigenvalue weighted by Gasteiger charge is -2.20. The standard InChI is InChI=1S/C72H58Br8/c1-69(2,3)55-25-21-47(39-63(73)74)43(35-55)13-17-51-33-52(18-14-44-36-56(70(4,5)6)26-22-48(44)40-64(75)76)60-31-32-62-54(20-16-46-38-58(72(10,11)12)28-24-50(46)42-66(79)80)34-53(61-30-29-59(51)67(60)68(61)62)19-15-45-37-57(71(7,8)9)27-23-49(45)41-65(77)78/h21-42H,1-12H3. The summed E-state index contributed by atoms with van der Waals surface area (Å²) in [6, 6.07) is 39.5. The third-order valence-electron chi connectivity index (χ3n) is 14.0. The minimum atomic E-state index is -0.0825. The molecule has 0 aliphatic heterocycles. The molecule has 0 bridgehead atoms. The quantitative estimate of drug-likeness (QED) is 0.122. The first kappa shape index (κ1) is 61.9. The van der Waals surface area contributed by atoms with Crippen LogP contribution >= 0.6 is 127 Å². The predicted octanol–water partition coefficient (Wildman–Crippen LogP) is 23.7. The molecule has 0 aliphatic carbocycles. The van der Waals surface area contributed by atoms with Crippen molar-refractivity contribution in [1.82, 2.24) is 0 Å². The molecule has 0 aromatic heterocycles. The molecule has 0 radical (unpaired) electrons. The highest BCUT2D eigenvalue weighted by Gasteiger charge is 2.21. The third kappa shape index (κ3) is 15.0. The summed E-state index contributed by atoms with van der Waals surface area (Å²) in [5, 5.41) is 6.20. The van der Waals surface area contributed by atoms with Crippen molar-refractivity contribution in [2.75, 3.05) is 0 Å². The van der Waals surface area contributed by atoms with Crippen molar-refractivity contribution in [1.29, 1.82) is 0 Å². The monoisotopic (exact) mass is 1550 g/mol. The molecule has 8 rings (SSSR count). The molecule has 8 aromatic rings. The van der Waals surface area contributed by atoms with Crippen molar-refractivity contribution in [2.45, 2.75) is 105 Å². The van der Waals surface area contributed by atoms with Gasteiger partial charge in [-0.3, -0.25) is 0 Å². The molecule has 0 amide bonds. The number of rotatable bonds is 4. The number of hydrogen-bond donors (Lipinski definition) is 0. The van der Waals surface area contributed by atoms with E-state index in [1.165, 1.54) is 22.3 Å². The lowest BCUT2D eigenvalue weighted by molar-refractivity contribution is 0.590. The van der Waals surface area contributed by atoms with Crippen molar-refractivity contribution in [3.05, 3.63) is 212 Å². The van der Waals surface area contributed by atoms with E-state index in [-0.39, 0.29) is 21.7 Å². The molecular weight excluding hydrogens is 1500 g/mol. The van der Waals surface area contributed by atoms with Crippen LogP contribution in [0.3, 0.4) is 0 Å². The van der Waals surface area contributed by atoms with Gasteiger partial charge < -0.3 is 0 Å². The molecule has 0 N–H and O–H groups in total. The van der Waals surface area contributed by atoms with Crippen molar-refractivity contribution in [2.24, 2.45) is 0 Å². The van der Waals surface area contributed by atoms with Crippen molar-refractivity contribution in [3.8, 4) is 47.4 Å².